The van der Waals surface area contributed by atoms with Crippen LogP contribution in [0, 0.1) is 5.82 Å². The highest BCUT2D eigenvalue weighted by Gasteiger charge is 2.23. The van der Waals surface area contributed by atoms with Crippen molar-refractivity contribution in [1.82, 2.24) is 10.1 Å². The first-order valence-corrected chi connectivity index (χ1v) is 7.25. The summed E-state index contributed by atoms with van der Waals surface area (Å²) in [6.07, 6.45) is 5.84. The zero-order chi connectivity index (χ0) is 14.7. The molecule has 1 aliphatic heterocycles. The topological polar surface area (TPSA) is 46.3 Å². The van der Waals surface area contributed by atoms with Gasteiger partial charge in [-0.25, -0.2) is 4.39 Å². The van der Waals surface area contributed by atoms with Gasteiger partial charge in [-0.1, -0.05) is 18.0 Å². The van der Waals surface area contributed by atoms with Crippen LogP contribution in [0.5, 0.6) is 0 Å². The summed E-state index contributed by atoms with van der Waals surface area (Å²) in [5.74, 6) is 0.0281. The number of halogens is 1. The van der Waals surface area contributed by atoms with Gasteiger partial charge in [0.2, 0.25) is 0 Å². The number of carbonyl (C=O) groups excluding carboxylic acids is 1. The molecule has 1 saturated heterocycles. The Hall–Kier alpha value is -2.17. The SMILES string of the molecule is O=C(c1cnoc1-c1ccc(F)cc1)N1CCCCCC1. The average molecular weight is 288 g/mol. The van der Waals surface area contributed by atoms with E-state index in [0.29, 0.717) is 16.9 Å². The number of likely N-dealkylation sites (tertiary alicyclic amines) is 1. The molecule has 1 aromatic carbocycles. The fourth-order valence-corrected chi connectivity index (χ4v) is 2.65. The quantitative estimate of drug-likeness (QED) is 0.849. The second-order valence-electron chi connectivity index (χ2n) is 5.28. The summed E-state index contributed by atoms with van der Waals surface area (Å²) >= 11 is 0. The molecule has 21 heavy (non-hydrogen) atoms. The molecule has 0 aliphatic carbocycles. The molecule has 0 radical (unpaired) electrons. The Morgan fingerprint density at radius 1 is 1.10 bits per heavy atom. The number of rotatable bonds is 2. The minimum absolute atomic E-state index is 0.0579. The highest BCUT2D eigenvalue weighted by Crippen LogP contribution is 2.25. The first-order valence-electron chi connectivity index (χ1n) is 7.25. The summed E-state index contributed by atoms with van der Waals surface area (Å²) < 4.78 is 18.2. The van der Waals surface area contributed by atoms with Gasteiger partial charge in [0.1, 0.15) is 11.4 Å². The van der Waals surface area contributed by atoms with E-state index in [-0.39, 0.29) is 11.7 Å². The van der Waals surface area contributed by atoms with E-state index in [1.807, 2.05) is 4.90 Å². The number of hydrogen-bond donors (Lipinski definition) is 0. The molecule has 0 N–H and O–H groups in total. The summed E-state index contributed by atoms with van der Waals surface area (Å²) in [5.41, 5.74) is 1.11. The van der Waals surface area contributed by atoms with E-state index in [9.17, 15) is 9.18 Å². The van der Waals surface area contributed by atoms with E-state index in [2.05, 4.69) is 5.16 Å². The van der Waals surface area contributed by atoms with Crippen LogP contribution < -0.4 is 0 Å². The molecule has 110 valence electrons. The van der Waals surface area contributed by atoms with Crippen molar-refractivity contribution in [3.63, 3.8) is 0 Å². The van der Waals surface area contributed by atoms with E-state index < -0.39 is 0 Å². The second-order valence-corrected chi connectivity index (χ2v) is 5.28. The van der Waals surface area contributed by atoms with Gasteiger partial charge in [0, 0.05) is 18.7 Å². The zero-order valence-corrected chi connectivity index (χ0v) is 11.7. The van der Waals surface area contributed by atoms with Crippen molar-refractivity contribution in [3.8, 4) is 11.3 Å². The second kappa shape index (κ2) is 6.08. The Morgan fingerprint density at radius 3 is 2.43 bits per heavy atom. The van der Waals surface area contributed by atoms with Gasteiger partial charge in [-0.2, -0.15) is 0 Å². The number of amides is 1. The van der Waals surface area contributed by atoms with Crippen LogP contribution >= 0.6 is 0 Å². The van der Waals surface area contributed by atoms with Gasteiger partial charge >= 0.3 is 0 Å². The lowest BCUT2D eigenvalue weighted by molar-refractivity contribution is 0.0762. The summed E-state index contributed by atoms with van der Waals surface area (Å²) in [6, 6.07) is 5.88. The van der Waals surface area contributed by atoms with Gasteiger partial charge in [0.15, 0.2) is 5.76 Å². The molecule has 3 rings (SSSR count). The van der Waals surface area contributed by atoms with E-state index in [0.717, 1.165) is 38.8 Å². The third-order valence-electron chi connectivity index (χ3n) is 3.80. The Kier molecular flexibility index (Phi) is 3.99. The lowest BCUT2D eigenvalue weighted by Gasteiger charge is -2.19. The van der Waals surface area contributed by atoms with Crippen LogP contribution in [0.25, 0.3) is 11.3 Å². The Balaban J connectivity index is 1.87. The van der Waals surface area contributed by atoms with Gasteiger partial charge < -0.3 is 9.42 Å². The normalized spacial score (nSPS) is 15.8. The summed E-state index contributed by atoms with van der Waals surface area (Å²) in [7, 11) is 0. The molecule has 0 spiro atoms. The number of nitrogens with zero attached hydrogens (tertiary/aromatic N) is 2. The van der Waals surface area contributed by atoms with Gasteiger partial charge in [-0.05, 0) is 37.1 Å². The molecule has 5 heteroatoms. The van der Waals surface area contributed by atoms with Crippen LogP contribution in [0.4, 0.5) is 4.39 Å². The lowest BCUT2D eigenvalue weighted by atomic mass is 10.1. The largest absolute Gasteiger partial charge is 0.355 e. The highest BCUT2D eigenvalue weighted by molar-refractivity contribution is 5.99. The molecule has 2 aromatic rings. The molecular formula is C16H17FN2O2. The smallest absolute Gasteiger partial charge is 0.259 e. The molecule has 2 heterocycles. The average Bonchev–Trinajstić information content (AvgIpc) is 2.82. The molecule has 0 unspecified atom stereocenters. The summed E-state index contributed by atoms with van der Waals surface area (Å²) in [5, 5.41) is 3.74. The zero-order valence-electron chi connectivity index (χ0n) is 11.7. The first kappa shape index (κ1) is 13.8. The highest BCUT2D eigenvalue weighted by atomic mass is 19.1. The molecular weight excluding hydrogens is 271 g/mol. The van der Waals surface area contributed by atoms with Crippen molar-refractivity contribution in [2.45, 2.75) is 25.7 Å². The number of benzene rings is 1. The van der Waals surface area contributed by atoms with Crippen molar-refractivity contribution in [3.05, 3.63) is 41.8 Å². The fraction of sp³-hybridized carbons (Fsp3) is 0.375. The molecule has 1 aliphatic rings. The van der Waals surface area contributed by atoms with Crippen LogP contribution in [0.1, 0.15) is 36.0 Å². The molecule has 0 atom stereocenters. The Labute approximate surface area is 122 Å². The molecule has 4 nitrogen and oxygen atoms in total. The van der Waals surface area contributed by atoms with Crippen molar-refractivity contribution < 1.29 is 13.7 Å². The lowest BCUT2D eigenvalue weighted by Crippen LogP contribution is -2.31. The maximum absolute atomic E-state index is 13.0. The van der Waals surface area contributed by atoms with E-state index in [4.69, 9.17) is 4.52 Å². The van der Waals surface area contributed by atoms with E-state index in [1.54, 1.807) is 12.1 Å². The minimum atomic E-state index is -0.321. The van der Waals surface area contributed by atoms with E-state index in [1.165, 1.54) is 18.3 Å². The van der Waals surface area contributed by atoms with Crippen molar-refractivity contribution >= 4 is 5.91 Å². The van der Waals surface area contributed by atoms with Gasteiger partial charge in [0.05, 0.1) is 6.20 Å². The van der Waals surface area contributed by atoms with Crippen LogP contribution in [0.3, 0.4) is 0 Å². The van der Waals surface area contributed by atoms with Crippen LogP contribution in [0.15, 0.2) is 35.0 Å². The van der Waals surface area contributed by atoms with Gasteiger partial charge in [-0.15, -0.1) is 0 Å². The number of carbonyl (C=O) groups is 1. The number of hydrogen-bond acceptors (Lipinski definition) is 3. The summed E-state index contributed by atoms with van der Waals surface area (Å²) in [6.45, 7) is 1.54. The monoisotopic (exact) mass is 288 g/mol. The van der Waals surface area contributed by atoms with Crippen molar-refractivity contribution in [2.75, 3.05) is 13.1 Å². The van der Waals surface area contributed by atoms with E-state index >= 15 is 0 Å². The van der Waals surface area contributed by atoms with Gasteiger partial charge in [0.25, 0.3) is 5.91 Å². The molecule has 1 fully saturated rings. The Morgan fingerprint density at radius 2 is 1.76 bits per heavy atom. The molecule has 1 amide bonds. The predicted octanol–water partition coefficient (Wildman–Crippen LogP) is 3.50. The van der Waals surface area contributed by atoms with Crippen molar-refractivity contribution in [1.29, 1.82) is 0 Å². The molecule has 0 bridgehead atoms. The predicted molar refractivity (Wildman–Crippen MR) is 76.3 cm³/mol. The van der Waals surface area contributed by atoms with Gasteiger partial charge in [-0.3, -0.25) is 4.79 Å². The number of aromatic nitrogens is 1. The maximum atomic E-state index is 13.0. The van der Waals surface area contributed by atoms with Crippen molar-refractivity contribution in [2.24, 2.45) is 0 Å². The fourth-order valence-electron chi connectivity index (χ4n) is 2.65. The Bertz CT molecular complexity index is 613. The minimum Gasteiger partial charge on any atom is -0.355 e. The molecule has 0 saturated carbocycles. The summed E-state index contributed by atoms with van der Waals surface area (Å²) in [4.78, 5) is 14.5. The third-order valence-corrected chi connectivity index (χ3v) is 3.80. The van der Waals surface area contributed by atoms with Crippen LogP contribution in [0.2, 0.25) is 0 Å². The van der Waals surface area contributed by atoms with Crippen LogP contribution in [-0.4, -0.2) is 29.1 Å². The molecule has 1 aromatic heterocycles. The van der Waals surface area contributed by atoms with Crippen LogP contribution in [-0.2, 0) is 0 Å². The maximum Gasteiger partial charge on any atom is 0.259 e. The third kappa shape index (κ3) is 2.96. The first-order chi connectivity index (χ1) is 10.3. The standard InChI is InChI=1S/C16H17FN2O2/c17-13-7-5-12(6-8-13)15-14(11-18-21-15)16(20)19-9-3-1-2-4-10-19/h5-8,11H,1-4,9-10H2.